The molecule has 7 rings (SSSR count). The molecule has 0 fully saturated rings. The first-order valence-electron chi connectivity index (χ1n) is 25.1. The summed E-state index contributed by atoms with van der Waals surface area (Å²) in [6.07, 6.45) is 4.00. The molecule has 0 aliphatic carbocycles. The van der Waals surface area contributed by atoms with Crippen LogP contribution in [-0.4, -0.2) is 101 Å². The maximum atomic E-state index is 15.1. The van der Waals surface area contributed by atoms with Gasteiger partial charge in [0.25, 0.3) is 5.91 Å². The van der Waals surface area contributed by atoms with Crippen molar-refractivity contribution in [3.63, 3.8) is 0 Å². The van der Waals surface area contributed by atoms with Gasteiger partial charge in [-0.15, -0.1) is 0 Å². The largest absolute Gasteiger partial charge is 0.489 e. The first-order valence-corrected chi connectivity index (χ1v) is 25.5. The molecule has 12 N–H and O–H groups in total. The third-order valence-electron chi connectivity index (χ3n) is 12.9. The summed E-state index contributed by atoms with van der Waals surface area (Å²) in [5.41, 5.74) is 15.8. The number of aliphatic hydroxyl groups is 1. The Kier molecular flexibility index (Phi) is 19.9. The van der Waals surface area contributed by atoms with Gasteiger partial charge in [-0.1, -0.05) is 115 Å². The molecular weight excluding hydrogens is 1000 g/mol. The van der Waals surface area contributed by atoms with Gasteiger partial charge in [-0.3, -0.25) is 39.1 Å². The molecule has 19 heteroatoms. The van der Waals surface area contributed by atoms with Crippen LogP contribution >= 0.6 is 11.6 Å². The molecule has 0 spiro atoms. The smallest absolute Gasteiger partial charge is 0.250 e. The average molecular weight is 1060 g/mol. The van der Waals surface area contributed by atoms with E-state index in [9.17, 15) is 29.1 Å². The summed E-state index contributed by atoms with van der Waals surface area (Å²) < 4.78 is 5.98. The Bertz CT molecular complexity index is 3160. The minimum absolute atomic E-state index is 0.0749. The van der Waals surface area contributed by atoms with Gasteiger partial charge in [-0.05, 0) is 102 Å². The van der Waals surface area contributed by atoms with Gasteiger partial charge >= 0.3 is 0 Å². The third-order valence-corrected chi connectivity index (χ3v) is 13.1. The van der Waals surface area contributed by atoms with Crippen molar-refractivity contribution in [2.75, 3.05) is 18.1 Å². The van der Waals surface area contributed by atoms with Crippen molar-refractivity contribution < 1.29 is 38.6 Å². The monoisotopic (exact) mass is 1060 g/mol. The number of aromatic nitrogens is 1. The molecule has 0 saturated carbocycles. The summed E-state index contributed by atoms with van der Waals surface area (Å²) in [7, 11) is 0. The standard InChI is InChI=1S/C58H62ClN10O8/c1-36(65-54(73)48(60)29-39-17-20-40-12-5-6-13-41(40)28-39)53(72)66-50(31-42-32-64-49-16-8-7-15-47(42)49)55(74)68-52(34-71)56(75)67-51(30-37-18-25-46(26-19-37)77-35-38-10-3-2-4-11-38)57(76)69(44-23-21-43(59)22-24-44)45(33-70)14-9-27-63-58(61)62/h2-8,10-13,15-26,28,32,36,45,48,50-52,64,71H,9,14,27,29-31,34-35,60H2,1H3,(H,65,73)(H,66,72)(H,67,75)(H,68,74)(H4,61,62,63)/t36-,45+,48-,50+,51-,52-/m0/s1. The Hall–Kier alpha value is -8.58. The molecule has 0 bridgehead atoms. The molecule has 1 radical (unpaired) electrons. The van der Waals surface area contributed by atoms with Gasteiger partial charge in [0.15, 0.2) is 5.96 Å². The Labute approximate surface area is 450 Å². The van der Waals surface area contributed by atoms with Crippen LogP contribution in [0.4, 0.5) is 5.69 Å². The molecule has 0 saturated heterocycles. The Morgan fingerprint density at radius 1 is 0.714 bits per heavy atom. The number of aliphatic hydroxyl groups excluding tert-OH is 1. The summed E-state index contributed by atoms with van der Waals surface area (Å²) in [6.45, 7) is 1.03. The number of benzene rings is 6. The highest BCUT2D eigenvalue weighted by molar-refractivity contribution is 6.30. The number of nitrogens with two attached hydrogens (primary N) is 2. The number of nitrogens with zero attached hydrogens (tertiary/aromatic N) is 1. The predicted octanol–water partition coefficient (Wildman–Crippen LogP) is 4.63. The van der Waals surface area contributed by atoms with Gasteiger partial charge < -0.3 is 52.9 Å². The van der Waals surface area contributed by atoms with Gasteiger partial charge in [-0.2, -0.15) is 0 Å². The number of ether oxygens (including phenoxy) is 1. The fraction of sp³-hybridized carbons (Fsp3) is 0.259. The van der Waals surface area contributed by atoms with Crippen molar-refractivity contribution in [2.45, 2.75) is 81.9 Å². The zero-order chi connectivity index (χ0) is 54.8. The molecule has 0 aliphatic rings. The SMILES string of the molecule is C[C@H](NC(=O)[C@@H](N)Cc1ccc2ccccc2c1)C(=O)N[C@H](Cc1c[nH]c2ccccc12)C(=O)N[C@@H](CO)C(=O)N[C@@H](Cc1ccc(OCc2ccccc2)cc1)C(=O)N(c1ccc(Cl)cc1)[C@@H]([C]=O)CCCNC(=N)N. The van der Waals surface area contributed by atoms with E-state index in [1.807, 2.05) is 103 Å². The molecule has 0 aliphatic heterocycles. The molecule has 77 heavy (non-hydrogen) atoms. The van der Waals surface area contributed by atoms with Crippen LogP contribution in [0, 0.1) is 5.41 Å². The van der Waals surface area contributed by atoms with Crippen LogP contribution in [0.15, 0.2) is 152 Å². The Balaban J connectivity index is 1.11. The van der Waals surface area contributed by atoms with Crippen molar-refractivity contribution in [1.29, 1.82) is 5.41 Å². The van der Waals surface area contributed by atoms with E-state index in [0.29, 0.717) is 28.5 Å². The van der Waals surface area contributed by atoms with Crippen molar-refractivity contribution in [2.24, 2.45) is 11.5 Å². The maximum absolute atomic E-state index is 15.1. The minimum Gasteiger partial charge on any atom is -0.489 e. The summed E-state index contributed by atoms with van der Waals surface area (Å²) in [4.78, 5) is 88.5. The second-order valence-corrected chi connectivity index (χ2v) is 19.0. The van der Waals surface area contributed by atoms with Crippen LogP contribution in [-0.2, 0) is 54.6 Å². The lowest BCUT2D eigenvalue weighted by Gasteiger charge is -2.32. The number of aromatic amines is 1. The zero-order valence-corrected chi connectivity index (χ0v) is 43.1. The molecule has 5 amide bonds. The van der Waals surface area contributed by atoms with E-state index in [0.717, 1.165) is 32.8 Å². The Morgan fingerprint density at radius 3 is 2.08 bits per heavy atom. The molecule has 6 atom stereocenters. The second kappa shape index (κ2) is 27.3. The summed E-state index contributed by atoms with van der Waals surface area (Å²) in [5, 5.41) is 34.8. The molecule has 399 valence electrons. The van der Waals surface area contributed by atoms with E-state index in [1.165, 1.54) is 24.0 Å². The number of nitrogens with one attached hydrogen (secondary N) is 7. The summed E-state index contributed by atoms with van der Waals surface area (Å²) in [5.74, 6) is -3.63. The fourth-order valence-electron chi connectivity index (χ4n) is 8.75. The summed E-state index contributed by atoms with van der Waals surface area (Å²) in [6, 6.07) is 35.7. The number of anilines is 1. The normalized spacial score (nSPS) is 13.5. The van der Waals surface area contributed by atoms with Gasteiger partial charge in [-0.25, -0.2) is 0 Å². The fourth-order valence-corrected chi connectivity index (χ4v) is 8.88. The van der Waals surface area contributed by atoms with Crippen molar-refractivity contribution in [3.05, 3.63) is 179 Å². The average Bonchev–Trinajstić information content (AvgIpc) is 3.85. The molecule has 1 heterocycles. The topological polar surface area (TPSA) is 287 Å². The molecule has 7 aromatic rings. The van der Waals surface area contributed by atoms with Crippen LogP contribution in [0.5, 0.6) is 5.75 Å². The highest BCUT2D eigenvalue weighted by atomic mass is 35.5. The number of amides is 5. The van der Waals surface area contributed by atoms with Crippen LogP contribution in [0.25, 0.3) is 21.7 Å². The van der Waals surface area contributed by atoms with Crippen LogP contribution < -0.4 is 47.7 Å². The molecule has 0 unspecified atom stereocenters. The first-order chi connectivity index (χ1) is 37.2. The quantitative estimate of drug-likeness (QED) is 0.0203. The number of H-pyrrole nitrogens is 1. The van der Waals surface area contributed by atoms with Crippen LogP contribution in [0.1, 0.15) is 42.0 Å². The van der Waals surface area contributed by atoms with Crippen molar-refractivity contribution in [1.82, 2.24) is 31.6 Å². The van der Waals surface area contributed by atoms with E-state index in [-0.39, 0.29) is 50.3 Å². The molecule has 1 aromatic heterocycles. The Morgan fingerprint density at radius 2 is 1.36 bits per heavy atom. The number of para-hydroxylation sites is 1. The number of halogens is 1. The van der Waals surface area contributed by atoms with Gasteiger partial charge in [0.2, 0.25) is 29.9 Å². The second-order valence-electron chi connectivity index (χ2n) is 18.6. The van der Waals surface area contributed by atoms with E-state index < -0.39 is 72.4 Å². The summed E-state index contributed by atoms with van der Waals surface area (Å²) >= 11 is 6.25. The third kappa shape index (κ3) is 15.7. The number of carbonyl (C=O) groups is 5. The number of rotatable bonds is 26. The highest BCUT2D eigenvalue weighted by Crippen LogP contribution is 2.25. The first kappa shape index (κ1) is 56.2. The van der Waals surface area contributed by atoms with E-state index in [2.05, 4.69) is 31.6 Å². The lowest BCUT2D eigenvalue weighted by atomic mass is 10.0. The maximum Gasteiger partial charge on any atom is 0.250 e. The number of hydrogen-bond acceptors (Lipinski definition) is 10. The van der Waals surface area contributed by atoms with Crippen molar-refractivity contribution >= 4 is 80.7 Å². The predicted molar refractivity (Wildman–Crippen MR) is 297 cm³/mol. The molecular formula is C58H62ClN10O8. The van der Waals surface area contributed by atoms with Gasteiger partial charge in [0, 0.05) is 47.2 Å². The molecule has 18 nitrogen and oxygen atoms in total. The van der Waals surface area contributed by atoms with E-state index in [1.54, 1.807) is 42.6 Å². The van der Waals surface area contributed by atoms with Gasteiger partial charge in [0.1, 0.15) is 42.6 Å². The minimum atomic E-state index is -1.67. The lowest BCUT2D eigenvalue weighted by Crippen LogP contribution is -2.60. The lowest BCUT2D eigenvalue weighted by molar-refractivity contribution is -0.135. The van der Waals surface area contributed by atoms with Gasteiger partial charge in [0.05, 0.1) is 12.6 Å². The number of hydrogen-bond donors (Lipinski definition) is 10. The molecule has 6 aromatic carbocycles. The van der Waals surface area contributed by atoms with Crippen LogP contribution in [0.2, 0.25) is 5.02 Å². The van der Waals surface area contributed by atoms with E-state index >= 15 is 4.79 Å². The van der Waals surface area contributed by atoms with Crippen LogP contribution in [0.3, 0.4) is 0 Å². The zero-order valence-electron chi connectivity index (χ0n) is 42.3. The number of guanidine groups is 1. The number of fused-ring (bicyclic) bond motifs is 2. The van der Waals surface area contributed by atoms with Crippen molar-refractivity contribution in [3.8, 4) is 5.75 Å². The van der Waals surface area contributed by atoms with E-state index in [4.69, 9.17) is 33.2 Å². The highest BCUT2D eigenvalue weighted by Gasteiger charge is 2.36. The number of carbonyl (C=O) groups excluding carboxylic acids is 6.